The van der Waals surface area contributed by atoms with E-state index < -0.39 is 0 Å². The summed E-state index contributed by atoms with van der Waals surface area (Å²) in [6, 6.07) is 0.855. The zero-order valence-corrected chi connectivity index (χ0v) is 15.2. The molecule has 2 fully saturated rings. The van der Waals surface area contributed by atoms with Gasteiger partial charge in [0.1, 0.15) is 0 Å². The number of likely N-dealkylation sites (tertiary alicyclic amines) is 1. The third-order valence-corrected chi connectivity index (χ3v) is 6.17. The van der Waals surface area contributed by atoms with Gasteiger partial charge in [0.2, 0.25) is 0 Å². The fraction of sp³-hybridized carbons (Fsp3) is 0.789. The maximum absolute atomic E-state index is 12.8. The summed E-state index contributed by atoms with van der Waals surface area (Å²) in [4.78, 5) is 15.4. The lowest BCUT2D eigenvalue weighted by Gasteiger charge is -2.31. The molecule has 1 aliphatic carbocycles. The lowest BCUT2D eigenvalue weighted by molar-refractivity contribution is 0.0405. The number of aromatic amines is 1. The number of rotatable bonds is 5. The number of hydrogen-bond donors (Lipinski definition) is 2. The van der Waals surface area contributed by atoms with Gasteiger partial charge >= 0.3 is 0 Å². The molecule has 0 spiro atoms. The van der Waals surface area contributed by atoms with E-state index in [1.165, 1.54) is 6.42 Å². The first-order valence-corrected chi connectivity index (χ1v) is 9.95. The summed E-state index contributed by atoms with van der Waals surface area (Å²) in [6.07, 6.45) is 7.70. The van der Waals surface area contributed by atoms with Crippen LogP contribution in [0.1, 0.15) is 60.8 Å². The molecule has 2 atom stereocenters. The number of carbonyl (C=O) groups excluding carboxylic acids is 1. The minimum Gasteiger partial charge on any atom is -0.381 e. The summed E-state index contributed by atoms with van der Waals surface area (Å²) in [5.74, 6) is 0.558. The predicted octanol–water partition coefficient (Wildman–Crippen LogP) is 1.91. The van der Waals surface area contributed by atoms with Crippen molar-refractivity contribution in [3.05, 3.63) is 17.0 Å². The van der Waals surface area contributed by atoms with E-state index in [2.05, 4.69) is 27.3 Å². The average molecular weight is 346 g/mol. The standard InChI is InChI=1S/C19H30N4O2/c1-2-4-13-11-23(14-7-9-25-10-8-14)12-17(13)20-19(24)18-15-5-3-6-16(15)21-22-18/h13-14,17H,2-12H2,1H3,(H,20,24)(H,21,22)/t13-,17-/m0/s1. The molecule has 1 aromatic rings. The highest BCUT2D eigenvalue weighted by Gasteiger charge is 2.37. The molecule has 138 valence electrons. The quantitative estimate of drug-likeness (QED) is 0.854. The van der Waals surface area contributed by atoms with Crippen LogP contribution >= 0.6 is 0 Å². The molecule has 0 aromatic carbocycles. The van der Waals surface area contributed by atoms with Crippen LogP contribution in [0.25, 0.3) is 0 Å². The third kappa shape index (κ3) is 3.47. The van der Waals surface area contributed by atoms with Crippen molar-refractivity contribution in [2.24, 2.45) is 5.92 Å². The molecule has 2 aliphatic heterocycles. The zero-order chi connectivity index (χ0) is 17.2. The molecule has 6 heteroatoms. The van der Waals surface area contributed by atoms with Crippen molar-refractivity contribution < 1.29 is 9.53 Å². The van der Waals surface area contributed by atoms with Gasteiger partial charge in [-0.1, -0.05) is 13.3 Å². The minimum atomic E-state index is 0.0133. The Kier molecular flexibility index (Phi) is 5.08. The van der Waals surface area contributed by atoms with Gasteiger partial charge in [0.05, 0.1) is 0 Å². The maximum atomic E-state index is 12.8. The summed E-state index contributed by atoms with van der Waals surface area (Å²) < 4.78 is 5.51. The first-order valence-electron chi connectivity index (χ1n) is 9.95. The highest BCUT2D eigenvalue weighted by Crippen LogP contribution is 2.28. The van der Waals surface area contributed by atoms with Gasteiger partial charge in [0.15, 0.2) is 5.69 Å². The van der Waals surface area contributed by atoms with Gasteiger partial charge in [-0.25, -0.2) is 0 Å². The van der Waals surface area contributed by atoms with Crippen LogP contribution in [0.5, 0.6) is 0 Å². The molecular weight excluding hydrogens is 316 g/mol. The normalized spacial score (nSPS) is 27.6. The lowest BCUT2D eigenvalue weighted by atomic mass is 9.98. The number of aryl methyl sites for hydroxylation is 1. The van der Waals surface area contributed by atoms with Crippen molar-refractivity contribution in [2.45, 2.75) is 64.0 Å². The number of nitrogens with one attached hydrogen (secondary N) is 2. The largest absolute Gasteiger partial charge is 0.381 e. The first-order chi connectivity index (χ1) is 12.3. The smallest absolute Gasteiger partial charge is 0.272 e. The lowest BCUT2D eigenvalue weighted by Crippen LogP contribution is -2.43. The molecule has 4 rings (SSSR count). The van der Waals surface area contributed by atoms with E-state index in [1.54, 1.807) is 0 Å². The van der Waals surface area contributed by atoms with Crippen molar-refractivity contribution in [3.63, 3.8) is 0 Å². The van der Waals surface area contributed by atoms with Crippen molar-refractivity contribution in [2.75, 3.05) is 26.3 Å². The second-order valence-electron chi connectivity index (χ2n) is 7.81. The van der Waals surface area contributed by atoms with E-state index in [-0.39, 0.29) is 11.9 Å². The molecule has 3 heterocycles. The second-order valence-corrected chi connectivity index (χ2v) is 7.81. The van der Waals surface area contributed by atoms with E-state index in [9.17, 15) is 4.79 Å². The Bertz CT molecular complexity index is 609. The van der Waals surface area contributed by atoms with E-state index >= 15 is 0 Å². The van der Waals surface area contributed by atoms with E-state index in [1.807, 2.05) is 0 Å². The van der Waals surface area contributed by atoms with Crippen LogP contribution < -0.4 is 5.32 Å². The Morgan fingerprint density at radius 3 is 2.96 bits per heavy atom. The summed E-state index contributed by atoms with van der Waals surface area (Å²) in [5, 5.41) is 10.7. The molecule has 6 nitrogen and oxygen atoms in total. The van der Waals surface area contributed by atoms with Gasteiger partial charge in [0, 0.05) is 49.6 Å². The van der Waals surface area contributed by atoms with Crippen LogP contribution in [0.2, 0.25) is 0 Å². The van der Waals surface area contributed by atoms with Crippen LogP contribution in [0.3, 0.4) is 0 Å². The van der Waals surface area contributed by atoms with E-state index in [0.29, 0.717) is 17.7 Å². The second kappa shape index (κ2) is 7.46. The summed E-state index contributed by atoms with van der Waals surface area (Å²) >= 11 is 0. The number of nitrogens with zero attached hydrogens (tertiary/aromatic N) is 2. The van der Waals surface area contributed by atoms with Crippen LogP contribution in [0.15, 0.2) is 0 Å². The Hall–Kier alpha value is -1.40. The number of hydrogen-bond acceptors (Lipinski definition) is 4. The molecule has 2 N–H and O–H groups in total. The number of ether oxygens (including phenoxy) is 1. The highest BCUT2D eigenvalue weighted by atomic mass is 16.5. The highest BCUT2D eigenvalue weighted by molar-refractivity contribution is 5.94. The fourth-order valence-electron chi connectivity index (χ4n) is 4.82. The number of H-pyrrole nitrogens is 1. The van der Waals surface area contributed by atoms with E-state index in [4.69, 9.17) is 4.74 Å². The number of aromatic nitrogens is 2. The summed E-state index contributed by atoms with van der Waals surface area (Å²) in [7, 11) is 0. The van der Waals surface area contributed by atoms with Crippen molar-refractivity contribution in [1.82, 2.24) is 20.4 Å². The molecule has 0 bridgehead atoms. The van der Waals surface area contributed by atoms with E-state index in [0.717, 1.165) is 76.1 Å². The van der Waals surface area contributed by atoms with Crippen LogP contribution in [0, 0.1) is 5.92 Å². The van der Waals surface area contributed by atoms with Crippen LogP contribution in [-0.2, 0) is 17.6 Å². The zero-order valence-electron chi connectivity index (χ0n) is 15.2. The molecule has 3 aliphatic rings. The van der Waals surface area contributed by atoms with Gasteiger partial charge in [-0.15, -0.1) is 0 Å². The number of carbonyl (C=O) groups is 1. The van der Waals surface area contributed by atoms with Crippen molar-refractivity contribution >= 4 is 5.91 Å². The molecule has 1 amide bonds. The minimum absolute atomic E-state index is 0.0133. The maximum Gasteiger partial charge on any atom is 0.272 e. The van der Waals surface area contributed by atoms with Crippen molar-refractivity contribution in [3.8, 4) is 0 Å². The molecule has 0 unspecified atom stereocenters. The molecule has 1 aromatic heterocycles. The summed E-state index contributed by atoms with van der Waals surface area (Å²) in [6.45, 7) is 6.04. The van der Waals surface area contributed by atoms with Crippen LogP contribution in [0.4, 0.5) is 0 Å². The SMILES string of the molecule is CCC[C@H]1CN(C2CCOCC2)C[C@@H]1NC(=O)c1n[nH]c2c1CCC2. The molecule has 0 saturated carbocycles. The van der Waals surface area contributed by atoms with Crippen molar-refractivity contribution in [1.29, 1.82) is 0 Å². The van der Waals surface area contributed by atoms with Gasteiger partial charge in [-0.05, 0) is 44.4 Å². The Balaban J connectivity index is 1.43. The molecular formula is C19H30N4O2. The average Bonchev–Trinajstić information content (AvgIpc) is 3.32. The third-order valence-electron chi connectivity index (χ3n) is 6.17. The van der Waals surface area contributed by atoms with Gasteiger partial charge < -0.3 is 10.1 Å². The Labute approximate surface area is 149 Å². The Morgan fingerprint density at radius 2 is 2.16 bits per heavy atom. The molecule has 25 heavy (non-hydrogen) atoms. The molecule has 0 radical (unpaired) electrons. The number of fused-ring (bicyclic) bond motifs is 1. The summed E-state index contributed by atoms with van der Waals surface area (Å²) in [5.41, 5.74) is 2.93. The first kappa shape index (κ1) is 17.0. The molecule has 2 saturated heterocycles. The predicted molar refractivity (Wildman–Crippen MR) is 95.7 cm³/mol. The Morgan fingerprint density at radius 1 is 1.32 bits per heavy atom. The monoisotopic (exact) mass is 346 g/mol. The van der Waals surface area contributed by atoms with Gasteiger partial charge in [-0.2, -0.15) is 5.10 Å². The van der Waals surface area contributed by atoms with Crippen LogP contribution in [-0.4, -0.2) is 59.4 Å². The topological polar surface area (TPSA) is 70.2 Å². The van der Waals surface area contributed by atoms with Gasteiger partial charge in [-0.3, -0.25) is 14.8 Å². The fourth-order valence-corrected chi connectivity index (χ4v) is 4.82. The van der Waals surface area contributed by atoms with Gasteiger partial charge in [0.25, 0.3) is 5.91 Å². The number of amides is 1.